The molecule has 1 radical (unpaired) electrons. The molecule has 5 rings (SSSR count). The number of nitrogens with one attached hydrogen (secondary N) is 2. The maximum Gasteiger partial charge on any atom is 3.00 e. The van der Waals surface area contributed by atoms with Gasteiger partial charge in [0.15, 0.2) is 0 Å². The second kappa shape index (κ2) is 6.20. The molecule has 0 aliphatic carbocycles. The van der Waals surface area contributed by atoms with Crippen LogP contribution in [0.15, 0.2) is 48.5 Å². The average Bonchev–Trinajstić information content (AvgIpc) is 3.32. The summed E-state index contributed by atoms with van der Waals surface area (Å²) in [5.41, 5.74) is 7.86. The molecule has 119 valence electrons. The predicted octanol–water partition coefficient (Wildman–Crippen LogP) is 4.65. The molecule has 0 fully saturated rings. The Morgan fingerprint density at radius 1 is 0.480 bits per heavy atom. The van der Waals surface area contributed by atoms with Crippen molar-refractivity contribution in [2.45, 2.75) is 0 Å². The van der Waals surface area contributed by atoms with E-state index in [-0.39, 0.29) is 17.1 Å². The Morgan fingerprint density at radius 3 is 1.28 bits per heavy atom. The Kier molecular flexibility index (Phi) is 3.88. The van der Waals surface area contributed by atoms with Gasteiger partial charge in [0.1, 0.15) is 0 Å². The molecule has 0 unspecified atom stereocenters. The van der Waals surface area contributed by atoms with Gasteiger partial charge in [-0.2, -0.15) is 0 Å². The number of hydrogen-bond acceptors (Lipinski definition) is 2. The molecule has 25 heavy (non-hydrogen) atoms. The number of fused-ring (bicyclic) bond motifs is 8. The SMILES string of the molecule is C1=Cc2cc3ccc(cc4ccc(cc5nc(cc1n2)C=C5)[nH]4)[nH]3.[Fe+3]. The van der Waals surface area contributed by atoms with Crippen LogP contribution in [-0.4, -0.2) is 19.9 Å². The molecule has 5 heteroatoms. The van der Waals surface area contributed by atoms with Crippen molar-refractivity contribution in [3.63, 3.8) is 0 Å². The maximum atomic E-state index is 4.62. The first kappa shape index (κ1) is 15.6. The average molecular weight is 366 g/mol. The van der Waals surface area contributed by atoms with E-state index in [1.165, 1.54) is 0 Å². The molecule has 2 aliphatic heterocycles. The molecule has 5 heterocycles. The van der Waals surface area contributed by atoms with E-state index in [2.05, 4.69) is 50.3 Å². The fourth-order valence-electron chi connectivity index (χ4n) is 2.94. The summed E-state index contributed by atoms with van der Waals surface area (Å²) in [5, 5.41) is 0. The molecule has 2 aliphatic rings. The normalized spacial score (nSPS) is 12.2. The molecule has 0 saturated heterocycles. The molecule has 8 bridgehead atoms. The third-order valence-electron chi connectivity index (χ3n) is 4.04. The van der Waals surface area contributed by atoms with Gasteiger partial charge in [0, 0.05) is 22.1 Å². The van der Waals surface area contributed by atoms with Crippen LogP contribution in [0.4, 0.5) is 0 Å². The molecule has 3 aromatic rings. The standard InChI is InChI=1S/C20H14N4.Fe/c1-2-14-10-16-5-6-18(23-16)12-20-8-7-19(24-20)11-17-4-3-15(22-17)9-13(1)21-14;/h1-12,21-22H;/q;+3. The van der Waals surface area contributed by atoms with Gasteiger partial charge >= 0.3 is 17.1 Å². The fourth-order valence-corrected chi connectivity index (χ4v) is 2.94. The summed E-state index contributed by atoms with van der Waals surface area (Å²) in [6, 6.07) is 16.4. The van der Waals surface area contributed by atoms with Crippen molar-refractivity contribution >= 4 is 46.4 Å². The quantitative estimate of drug-likeness (QED) is 0.392. The zero-order valence-electron chi connectivity index (χ0n) is 13.2. The smallest absolute Gasteiger partial charge is 0.355 e. The van der Waals surface area contributed by atoms with Crippen molar-refractivity contribution in [3.05, 3.63) is 71.3 Å². The van der Waals surface area contributed by atoms with Gasteiger partial charge in [-0.3, -0.25) is 0 Å². The summed E-state index contributed by atoms with van der Waals surface area (Å²) < 4.78 is 0. The van der Waals surface area contributed by atoms with Crippen LogP contribution in [-0.2, 0) is 17.1 Å². The van der Waals surface area contributed by atoms with E-state index < -0.39 is 0 Å². The van der Waals surface area contributed by atoms with Gasteiger partial charge < -0.3 is 9.97 Å². The minimum atomic E-state index is 0. The monoisotopic (exact) mass is 366 g/mol. The summed E-state index contributed by atoms with van der Waals surface area (Å²) in [6.07, 6.45) is 8.05. The predicted molar refractivity (Wildman–Crippen MR) is 98.9 cm³/mol. The van der Waals surface area contributed by atoms with E-state index in [0.29, 0.717) is 0 Å². The van der Waals surface area contributed by atoms with Crippen molar-refractivity contribution < 1.29 is 17.1 Å². The minimum absolute atomic E-state index is 0. The van der Waals surface area contributed by atoms with Crippen molar-refractivity contribution in [2.75, 3.05) is 0 Å². The van der Waals surface area contributed by atoms with Crippen molar-refractivity contribution in [1.29, 1.82) is 0 Å². The first-order valence-electron chi connectivity index (χ1n) is 7.85. The first-order chi connectivity index (χ1) is 11.8. The number of aromatic nitrogens is 4. The van der Waals surface area contributed by atoms with E-state index in [0.717, 1.165) is 44.8 Å². The number of rotatable bonds is 0. The van der Waals surface area contributed by atoms with Gasteiger partial charge in [-0.25, -0.2) is 9.97 Å². The second-order valence-electron chi connectivity index (χ2n) is 5.91. The number of H-pyrrole nitrogens is 2. The largest absolute Gasteiger partial charge is 3.00 e. The van der Waals surface area contributed by atoms with Gasteiger partial charge in [0.05, 0.1) is 22.8 Å². The Hall–Kier alpha value is -2.88. The van der Waals surface area contributed by atoms with E-state index in [1.54, 1.807) is 0 Å². The molecule has 0 saturated carbocycles. The van der Waals surface area contributed by atoms with Crippen LogP contribution >= 0.6 is 0 Å². The van der Waals surface area contributed by atoms with Crippen molar-refractivity contribution in [3.8, 4) is 0 Å². The number of aromatic amines is 2. The second-order valence-corrected chi connectivity index (χ2v) is 5.91. The van der Waals surface area contributed by atoms with Gasteiger partial charge in [-0.15, -0.1) is 0 Å². The van der Waals surface area contributed by atoms with Crippen LogP contribution in [0.3, 0.4) is 0 Å². The number of nitrogens with zero attached hydrogens (tertiary/aromatic N) is 2. The fraction of sp³-hybridized carbons (Fsp3) is 0. The van der Waals surface area contributed by atoms with Crippen LogP contribution in [0, 0.1) is 0 Å². The topological polar surface area (TPSA) is 57.4 Å². The van der Waals surface area contributed by atoms with Crippen LogP contribution in [0.5, 0.6) is 0 Å². The molecule has 4 nitrogen and oxygen atoms in total. The molecular weight excluding hydrogens is 352 g/mol. The first-order valence-corrected chi connectivity index (χ1v) is 7.85. The zero-order chi connectivity index (χ0) is 15.9. The molecule has 0 amide bonds. The summed E-state index contributed by atoms with van der Waals surface area (Å²) in [7, 11) is 0. The summed E-state index contributed by atoms with van der Waals surface area (Å²) in [5.74, 6) is 0. The summed E-state index contributed by atoms with van der Waals surface area (Å²) in [4.78, 5) is 16.0. The molecule has 3 aromatic heterocycles. The Bertz CT molecular complexity index is 1080. The summed E-state index contributed by atoms with van der Waals surface area (Å²) in [6.45, 7) is 0. The van der Waals surface area contributed by atoms with Gasteiger partial charge in [0.2, 0.25) is 0 Å². The van der Waals surface area contributed by atoms with E-state index in [4.69, 9.17) is 0 Å². The maximum absolute atomic E-state index is 4.62. The van der Waals surface area contributed by atoms with Crippen molar-refractivity contribution in [2.24, 2.45) is 0 Å². The van der Waals surface area contributed by atoms with Gasteiger partial charge in [-0.1, -0.05) is 0 Å². The van der Waals surface area contributed by atoms with Crippen LogP contribution in [0.25, 0.3) is 46.4 Å². The van der Waals surface area contributed by atoms with Crippen LogP contribution in [0.2, 0.25) is 0 Å². The van der Waals surface area contributed by atoms with Crippen molar-refractivity contribution in [1.82, 2.24) is 19.9 Å². The molecular formula is C20H14FeN4+3. The molecule has 0 atom stereocenters. The number of hydrogen-bond donors (Lipinski definition) is 2. The van der Waals surface area contributed by atoms with E-state index in [1.807, 2.05) is 42.5 Å². The van der Waals surface area contributed by atoms with E-state index >= 15 is 0 Å². The molecule has 0 aromatic carbocycles. The third kappa shape index (κ3) is 3.20. The van der Waals surface area contributed by atoms with Gasteiger partial charge in [0.25, 0.3) is 0 Å². The van der Waals surface area contributed by atoms with Crippen LogP contribution < -0.4 is 0 Å². The van der Waals surface area contributed by atoms with E-state index in [9.17, 15) is 0 Å². The summed E-state index contributed by atoms with van der Waals surface area (Å²) >= 11 is 0. The Balaban J connectivity index is 0.00000157. The Morgan fingerprint density at radius 2 is 0.840 bits per heavy atom. The van der Waals surface area contributed by atoms with Gasteiger partial charge in [-0.05, 0) is 72.8 Å². The third-order valence-corrected chi connectivity index (χ3v) is 4.04. The zero-order valence-corrected chi connectivity index (χ0v) is 14.3. The minimum Gasteiger partial charge on any atom is -0.355 e. The van der Waals surface area contributed by atoms with Crippen LogP contribution in [0.1, 0.15) is 22.8 Å². The molecule has 2 N–H and O–H groups in total. The Labute approximate surface area is 154 Å². The molecule has 0 spiro atoms.